The summed E-state index contributed by atoms with van der Waals surface area (Å²) in [6, 6.07) is -0.161. The van der Waals surface area contributed by atoms with E-state index in [2.05, 4.69) is 12.2 Å². The van der Waals surface area contributed by atoms with Gasteiger partial charge in [0.25, 0.3) is 0 Å². The first-order valence-electron chi connectivity index (χ1n) is 11.6. The smallest absolute Gasteiger partial charge is 0.220 e. The van der Waals surface area contributed by atoms with Gasteiger partial charge in [-0.1, -0.05) is 90.4 Å². The maximum absolute atomic E-state index is 11.9. The summed E-state index contributed by atoms with van der Waals surface area (Å²) in [5, 5.41) is 12.2. The third kappa shape index (κ3) is 19.7. The van der Waals surface area contributed by atoms with E-state index < -0.39 is 0 Å². The zero-order valence-corrected chi connectivity index (χ0v) is 17.9. The number of aldehydes is 1. The molecule has 0 heterocycles. The van der Waals surface area contributed by atoms with E-state index in [9.17, 15) is 14.7 Å². The van der Waals surface area contributed by atoms with Crippen LogP contribution in [-0.4, -0.2) is 29.9 Å². The Morgan fingerprint density at radius 3 is 1.81 bits per heavy atom. The second kappa shape index (κ2) is 21.4. The number of rotatable bonds is 21. The van der Waals surface area contributed by atoms with E-state index in [1.54, 1.807) is 0 Å². The molecule has 0 saturated heterocycles. The minimum atomic E-state index is -0.161. The number of hydrogen-bond donors (Lipinski definition) is 2. The molecule has 0 aromatic heterocycles. The van der Waals surface area contributed by atoms with Crippen LogP contribution < -0.4 is 5.32 Å². The minimum Gasteiger partial charge on any atom is -0.394 e. The molecule has 1 amide bonds. The molecule has 4 nitrogen and oxygen atoms in total. The predicted molar refractivity (Wildman–Crippen MR) is 114 cm³/mol. The molecule has 0 aliphatic heterocycles. The van der Waals surface area contributed by atoms with Crippen LogP contribution in [0.25, 0.3) is 0 Å². The number of nitrogens with one attached hydrogen (secondary N) is 1. The first kappa shape index (κ1) is 26.1. The maximum atomic E-state index is 11.9. The van der Waals surface area contributed by atoms with E-state index in [0.29, 0.717) is 12.8 Å². The van der Waals surface area contributed by atoms with Crippen LogP contribution in [0.1, 0.15) is 122 Å². The molecular formula is C23H45NO3. The van der Waals surface area contributed by atoms with Gasteiger partial charge in [0.15, 0.2) is 0 Å². The van der Waals surface area contributed by atoms with Crippen LogP contribution in [0.15, 0.2) is 0 Å². The Morgan fingerprint density at radius 1 is 0.815 bits per heavy atom. The second-order valence-electron chi connectivity index (χ2n) is 7.89. The Kier molecular flexibility index (Phi) is 20.7. The molecule has 0 rings (SSSR count). The highest BCUT2D eigenvalue weighted by Gasteiger charge is 2.10. The van der Waals surface area contributed by atoms with E-state index in [0.717, 1.165) is 38.4 Å². The summed E-state index contributed by atoms with van der Waals surface area (Å²) < 4.78 is 0. The number of unbranched alkanes of at least 4 members (excludes halogenated alkanes) is 14. The van der Waals surface area contributed by atoms with Crippen LogP contribution in [0.5, 0.6) is 0 Å². The van der Waals surface area contributed by atoms with Crippen molar-refractivity contribution < 1.29 is 14.7 Å². The van der Waals surface area contributed by atoms with Gasteiger partial charge in [-0.15, -0.1) is 0 Å². The van der Waals surface area contributed by atoms with Crippen LogP contribution >= 0.6 is 0 Å². The van der Waals surface area contributed by atoms with E-state index in [1.807, 2.05) is 0 Å². The van der Waals surface area contributed by atoms with Gasteiger partial charge >= 0.3 is 0 Å². The summed E-state index contributed by atoms with van der Waals surface area (Å²) in [6.45, 7) is 2.24. The third-order valence-corrected chi connectivity index (χ3v) is 5.22. The first-order valence-corrected chi connectivity index (χ1v) is 11.6. The highest BCUT2D eigenvalue weighted by atomic mass is 16.3. The lowest BCUT2D eigenvalue weighted by molar-refractivity contribution is -0.122. The molecule has 0 aromatic carbocycles. The van der Waals surface area contributed by atoms with Gasteiger partial charge in [0.1, 0.15) is 6.29 Å². The first-order chi connectivity index (χ1) is 13.2. The van der Waals surface area contributed by atoms with Crippen molar-refractivity contribution in [3.05, 3.63) is 0 Å². The van der Waals surface area contributed by atoms with Gasteiger partial charge in [-0.2, -0.15) is 0 Å². The molecular weight excluding hydrogens is 338 g/mol. The molecule has 1 atom stereocenters. The summed E-state index contributed by atoms with van der Waals surface area (Å²) >= 11 is 0. The molecule has 4 heteroatoms. The van der Waals surface area contributed by atoms with Crippen molar-refractivity contribution in [1.82, 2.24) is 5.32 Å². The number of aliphatic hydroxyl groups is 1. The fourth-order valence-corrected chi connectivity index (χ4v) is 3.43. The minimum absolute atomic E-state index is 0.0224. The van der Waals surface area contributed by atoms with Crippen molar-refractivity contribution in [2.45, 2.75) is 129 Å². The topological polar surface area (TPSA) is 66.4 Å². The lowest BCUT2D eigenvalue weighted by Gasteiger charge is -2.16. The number of carbonyl (C=O) groups excluding carboxylic acids is 2. The van der Waals surface area contributed by atoms with Crippen molar-refractivity contribution in [3.8, 4) is 0 Å². The molecule has 0 bridgehead atoms. The Balaban J connectivity index is 3.38. The maximum Gasteiger partial charge on any atom is 0.220 e. The summed E-state index contributed by atoms with van der Waals surface area (Å²) in [5.74, 6) is 0.0486. The largest absolute Gasteiger partial charge is 0.394 e. The van der Waals surface area contributed by atoms with Crippen LogP contribution in [-0.2, 0) is 9.59 Å². The fourth-order valence-electron chi connectivity index (χ4n) is 3.43. The van der Waals surface area contributed by atoms with Crippen LogP contribution in [0.4, 0.5) is 0 Å². The summed E-state index contributed by atoms with van der Waals surface area (Å²) in [6.07, 6.45) is 21.4. The van der Waals surface area contributed by atoms with Crippen molar-refractivity contribution >= 4 is 12.2 Å². The third-order valence-electron chi connectivity index (χ3n) is 5.22. The average molecular weight is 384 g/mol. The molecule has 0 aliphatic carbocycles. The van der Waals surface area contributed by atoms with Crippen molar-refractivity contribution in [2.75, 3.05) is 6.61 Å². The van der Waals surface area contributed by atoms with Gasteiger partial charge in [-0.25, -0.2) is 0 Å². The highest BCUT2D eigenvalue weighted by Crippen LogP contribution is 2.13. The Hall–Kier alpha value is -0.900. The standard InChI is InChI=1S/C23H45NO3/c1-2-3-4-5-6-7-8-9-10-11-12-13-16-19-23(27)24-22(21-26)18-15-14-17-20-25/h20,22,26H,2-19,21H2,1H3,(H,24,27). The number of hydrogen-bond acceptors (Lipinski definition) is 3. The van der Waals surface area contributed by atoms with Gasteiger partial charge in [-0.05, 0) is 19.3 Å². The molecule has 27 heavy (non-hydrogen) atoms. The Morgan fingerprint density at radius 2 is 1.33 bits per heavy atom. The average Bonchev–Trinajstić information content (AvgIpc) is 2.67. The van der Waals surface area contributed by atoms with Gasteiger partial charge in [0, 0.05) is 12.8 Å². The Labute approximate surface area is 167 Å². The molecule has 0 saturated carbocycles. The van der Waals surface area contributed by atoms with Gasteiger partial charge in [-0.3, -0.25) is 4.79 Å². The molecule has 2 N–H and O–H groups in total. The van der Waals surface area contributed by atoms with Gasteiger partial charge < -0.3 is 15.2 Å². The lowest BCUT2D eigenvalue weighted by atomic mass is 10.0. The van der Waals surface area contributed by atoms with Crippen molar-refractivity contribution in [3.63, 3.8) is 0 Å². The molecule has 1 unspecified atom stereocenters. The Bertz CT molecular complexity index is 334. The van der Waals surface area contributed by atoms with Crippen LogP contribution in [0.2, 0.25) is 0 Å². The van der Waals surface area contributed by atoms with E-state index >= 15 is 0 Å². The van der Waals surface area contributed by atoms with E-state index in [1.165, 1.54) is 70.6 Å². The van der Waals surface area contributed by atoms with Gasteiger partial charge in [0.2, 0.25) is 5.91 Å². The number of aliphatic hydroxyl groups excluding tert-OH is 1. The normalized spacial score (nSPS) is 12.1. The molecule has 0 radical (unpaired) electrons. The van der Waals surface area contributed by atoms with Crippen molar-refractivity contribution in [1.29, 1.82) is 0 Å². The molecule has 160 valence electrons. The van der Waals surface area contributed by atoms with E-state index in [4.69, 9.17) is 0 Å². The van der Waals surface area contributed by atoms with Crippen LogP contribution in [0.3, 0.4) is 0 Å². The fraction of sp³-hybridized carbons (Fsp3) is 0.913. The zero-order chi connectivity index (χ0) is 20.0. The predicted octanol–water partition coefficient (Wildman–Crippen LogP) is 5.70. The van der Waals surface area contributed by atoms with Gasteiger partial charge in [0.05, 0.1) is 12.6 Å². The molecule has 0 aliphatic rings. The highest BCUT2D eigenvalue weighted by molar-refractivity contribution is 5.76. The lowest BCUT2D eigenvalue weighted by Crippen LogP contribution is -2.37. The number of carbonyl (C=O) groups is 2. The summed E-state index contributed by atoms with van der Waals surface area (Å²) in [7, 11) is 0. The molecule has 0 spiro atoms. The zero-order valence-electron chi connectivity index (χ0n) is 17.9. The summed E-state index contributed by atoms with van der Waals surface area (Å²) in [4.78, 5) is 22.2. The quantitative estimate of drug-likeness (QED) is 0.197. The van der Waals surface area contributed by atoms with Crippen LogP contribution in [0, 0.1) is 0 Å². The monoisotopic (exact) mass is 383 g/mol. The number of amides is 1. The molecule has 0 fully saturated rings. The van der Waals surface area contributed by atoms with E-state index in [-0.39, 0.29) is 18.6 Å². The second-order valence-corrected chi connectivity index (χ2v) is 7.89. The SMILES string of the molecule is CCCCCCCCCCCCCCCC(=O)NC(CO)CCCCC=O. The summed E-state index contributed by atoms with van der Waals surface area (Å²) in [5.41, 5.74) is 0. The van der Waals surface area contributed by atoms with Crippen molar-refractivity contribution in [2.24, 2.45) is 0 Å². The molecule has 0 aromatic rings.